The van der Waals surface area contributed by atoms with Gasteiger partial charge in [0.25, 0.3) is 0 Å². The van der Waals surface area contributed by atoms with Gasteiger partial charge in [-0.25, -0.2) is 0 Å². The Kier molecular flexibility index (Phi) is 4.18. The number of anilines is 1. The molecule has 0 aliphatic carbocycles. The Morgan fingerprint density at radius 2 is 2.21 bits per heavy atom. The lowest BCUT2D eigenvalue weighted by Gasteiger charge is -2.25. The molecule has 2 N–H and O–H groups in total. The highest BCUT2D eigenvalue weighted by molar-refractivity contribution is 5.95. The molecular weight excluding hydrogens is 238 g/mol. The highest BCUT2D eigenvalue weighted by Gasteiger charge is 2.39. The van der Waals surface area contributed by atoms with Crippen molar-refractivity contribution in [3.05, 3.63) is 29.8 Å². The predicted molar refractivity (Wildman–Crippen MR) is 74.6 cm³/mol. The van der Waals surface area contributed by atoms with Crippen LogP contribution in [0.1, 0.15) is 25.3 Å². The van der Waals surface area contributed by atoms with Gasteiger partial charge in [-0.2, -0.15) is 5.26 Å². The molecule has 1 aliphatic heterocycles. The molecule has 100 valence electrons. The summed E-state index contributed by atoms with van der Waals surface area (Å²) in [7, 11) is 0. The van der Waals surface area contributed by atoms with Gasteiger partial charge in [0.05, 0.1) is 17.9 Å². The molecule has 1 atom stereocenters. The molecule has 4 nitrogen and oxygen atoms in total. The van der Waals surface area contributed by atoms with Gasteiger partial charge in [-0.15, -0.1) is 0 Å². The molecule has 19 heavy (non-hydrogen) atoms. The smallest absolute Gasteiger partial charge is 0.231 e. The lowest BCUT2D eigenvalue weighted by atomic mass is 9.83. The molecule has 1 aromatic rings. The number of amides is 1. The lowest BCUT2D eigenvalue weighted by molar-refractivity contribution is -0.124. The van der Waals surface area contributed by atoms with Gasteiger partial charge in [0.1, 0.15) is 0 Å². The van der Waals surface area contributed by atoms with Gasteiger partial charge in [0.2, 0.25) is 5.91 Å². The van der Waals surface area contributed by atoms with Crippen LogP contribution in [0.5, 0.6) is 0 Å². The van der Waals surface area contributed by atoms with E-state index < -0.39 is 0 Å². The van der Waals surface area contributed by atoms with Crippen LogP contribution in [-0.4, -0.2) is 19.0 Å². The fourth-order valence-electron chi connectivity index (χ4n) is 2.46. The second kappa shape index (κ2) is 5.85. The van der Waals surface area contributed by atoms with Gasteiger partial charge in [0.15, 0.2) is 0 Å². The Hall–Kier alpha value is -1.86. The van der Waals surface area contributed by atoms with Gasteiger partial charge < -0.3 is 10.6 Å². The Balaban J connectivity index is 2.04. The molecule has 1 unspecified atom stereocenters. The van der Waals surface area contributed by atoms with Crippen LogP contribution in [0.2, 0.25) is 0 Å². The first-order chi connectivity index (χ1) is 9.20. The molecular formula is C15H19N3O. The average molecular weight is 257 g/mol. The normalized spacial score (nSPS) is 21.9. The van der Waals surface area contributed by atoms with Crippen LogP contribution in [0.4, 0.5) is 5.69 Å². The number of carbonyl (C=O) groups is 1. The number of benzene rings is 1. The molecule has 0 aromatic heterocycles. The van der Waals surface area contributed by atoms with Crippen LogP contribution in [-0.2, 0) is 11.2 Å². The monoisotopic (exact) mass is 257 g/mol. The van der Waals surface area contributed by atoms with E-state index in [-0.39, 0.29) is 11.3 Å². The molecule has 0 spiro atoms. The first kappa shape index (κ1) is 13.6. The Morgan fingerprint density at radius 1 is 1.47 bits per heavy atom. The van der Waals surface area contributed by atoms with Crippen molar-refractivity contribution in [3.8, 4) is 6.07 Å². The van der Waals surface area contributed by atoms with Gasteiger partial charge in [-0.3, -0.25) is 4.79 Å². The summed E-state index contributed by atoms with van der Waals surface area (Å²) < 4.78 is 0. The summed E-state index contributed by atoms with van der Waals surface area (Å²) in [5, 5.41) is 14.9. The molecule has 1 fully saturated rings. The summed E-state index contributed by atoms with van der Waals surface area (Å²) >= 11 is 0. The van der Waals surface area contributed by atoms with Crippen molar-refractivity contribution >= 4 is 11.6 Å². The second-order valence-electron chi connectivity index (χ2n) is 5.05. The molecule has 0 saturated carbocycles. The van der Waals surface area contributed by atoms with Crippen molar-refractivity contribution in [1.29, 1.82) is 5.26 Å². The van der Waals surface area contributed by atoms with Crippen molar-refractivity contribution in [2.75, 3.05) is 18.4 Å². The van der Waals surface area contributed by atoms with Crippen LogP contribution in [0.15, 0.2) is 24.3 Å². The van der Waals surface area contributed by atoms with Crippen molar-refractivity contribution in [2.24, 2.45) is 5.41 Å². The Labute approximate surface area is 113 Å². The highest BCUT2D eigenvalue weighted by atomic mass is 16.2. The van der Waals surface area contributed by atoms with Crippen molar-refractivity contribution in [1.82, 2.24) is 5.32 Å². The summed E-state index contributed by atoms with van der Waals surface area (Å²) in [5.41, 5.74) is 1.49. The van der Waals surface area contributed by atoms with Crippen LogP contribution in [0, 0.1) is 16.7 Å². The summed E-state index contributed by atoms with van der Waals surface area (Å²) in [6.07, 6.45) is 2.14. The molecule has 2 rings (SSSR count). The number of rotatable bonds is 4. The maximum atomic E-state index is 12.4. The zero-order chi connectivity index (χ0) is 13.7. The van der Waals surface area contributed by atoms with E-state index >= 15 is 0 Å². The topological polar surface area (TPSA) is 64.9 Å². The maximum absolute atomic E-state index is 12.4. The summed E-state index contributed by atoms with van der Waals surface area (Å²) in [5.74, 6) is 0.0908. The SMILES string of the molecule is CCC1(C(=O)Nc2ccc(CC#N)cc2)CCNC1. The first-order valence-electron chi connectivity index (χ1n) is 6.68. The maximum Gasteiger partial charge on any atom is 0.231 e. The molecule has 1 saturated heterocycles. The van der Waals surface area contributed by atoms with E-state index in [2.05, 4.69) is 23.6 Å². The quantitative estimate of drug-likeness (QED) is 0.868. The molecule has 1 amide bonds. The number of nitrogens with zero attached hydrogens (tertiary/aromatic N) is 1. The fraction of sp³-hybridized carbons (Fsp3) is 0.467. The third-order valence-electron chi connectivity index (χ3n) is 3.90. The third-order valence-corrected chi connectivity index (χ3v) is 3.90. The number of carbonyl (C=O) groups excluding carboxylic acids is 1. The second-order valence-corrected chi connectivity index (χ2v) is 5.05. The molecule has 4 heteroatoms. The minimum absolute atomic E-state index is 0.0908. The van der Waals surface area contributed by atoms with Crippen LogP contribution >= 0.6 is 0 Å². The van der Waals surface area contributed by atoms with Crippen LogP contribution < -0.4 is 10.6 Å². The predicted octanol–water partition coefficient (Wildman–Crippen LogP) is 2.08. The fourth-order valence-corrected chi connectivity index (χ4v) is 2.46. The zero-order valence-electron chi connectivity index (χ0n) is 11.2. The molecule has 0 radical (unpaired) electrons. The first-order valence-corrected chi connectivity index (χ1v) is 6.68. The summed E-state index contributed by atoms with van der Waals surface area (Å²) in [4.78, 5) is 12.4. The summed E-state index contributed by atoms with van der Waals surface area (Å²) in [6, 6.07) is 9.58. The number of hydrogen-bond acceptors (Lipinski definition) is 3. The molecule has 1 heterocycles. The van der Waals surface area contributed by atoms with E-state index in [1.807, 2.05) is 24.3 Å². The van der Waals surface area contributed by atoms with Crippen molar-refractivity contribution in [2.45, 2.75) is 26.2 Å². The van der Waals surface area contributed by atoms with E-state index in [1.165, 1.54) is 0 Å². The van der Waals surface area contributed by atoms with E-state index in [1.54, 1.807) is 0 Å². The minimum Gasteiger partial charge on any atom is -0.326 e. The van der Waals surface area contributed by atoms with Crippen molar-refractivity contribution in [3.63, 3.8) is 0 Å². The van der Waals surface area contributed by atoms with Crippen LogP contribution in [0.25, 0.3) is 0 Å². The molecule has 0 bridgehead atoms. The number of nitriles is 1. The number of hydrogen-bond donors (Lipinski definition) is 2. The lowest BCUT2D eigenvalue weighted by Crippen LogP contribution is -2.37. The standard InChI is InChI=1S/C15H19N3O/c1-2-15(8-10-17-11-15)14(19)18-13-5-3-12(4-6-13)7-9-16/h3-6,17H,2,7-8,10-11H2,1H3,(H,18,19). The van der Waals surface area contributed by atoms with Gasteiger partial charge in [-0.1, -0.05) is 19.1 Å². The molecule has 1 aliphatic rings. The van der Waals surface area contributed by atoms with E-state index in [0.717, 1.165) is 37.2 Å². The van der Waals surface area contributed by atoms with Crippen molar-refractivity contribution < 1.29 is 4.79 Å². The van der Waals surface area contributed by atoms with Gasteiger partial charge in [0, 0.05) is 12.2 Å². The van der Waals surface area contributed by atoms with E-state index in [4.69, 9.17) is 5.26 Å². The highest BCUT2D eigenvalue weighted by Crippen LogP contribution is 2.30. The third kappa shape index (κ3) is 2.94. The van der Waals surface area contributed by atoms with E-state index in [0.29, 0.717) is 6.42 Å². The largest absolute Gasteiger partial charge is 0.326 e. The Bertz CT molecular complexity index is 481. The van der Waals surface area contributed by atoms with Gasteiger partial charge in [-0.05, 0) is 37.1 Å². The zero-order valence-corrected chi connectivity index (χ0v) is 11.2. The minimum atomic E-state index is -0.272. The Morgan fingerprint density at radius 3 is 2.74 bits per heavy atom. The molecule has 1 aromatic carbocycles. The average Bonchev–Trinajstić information content (AvgIpc) is 2.91. The number of nitrogens with one attached hydrogen (secondary N) is 2. The summed E-state index contributed by atoms with van der Waals surface area (Å²) in [6.45, 7) is 3.72. The van der Waals surface area contributed by atoms with Gasteiger partial charge >= 0.3 is 0 Å². The van der Waals surface area contributed by atoms with Crippen LogP contribution in [0.3, 0.4) is 0 Å². The van der Waals surface area contributed by atoms with E-state index in [9.17, 15) is 4.79 Å².